The first-order chi connectivity index (χ1) is 5.50. The Hall–Kier alpha value is -1.18. The molecule has 12 heavy (non-hydrogen) atoms. The van der Waals surface area contributed by atoms with Gasteiger partial charge in [-0.3, -0.25) is 5.41 Å². The van der Waals surface area contributed by atoms with Crippen LogP contribution in [0.3, 0.4) is 0 Å². The molecule has 0 aromatic carbocycles. The van der Waals surface area contributed by atoms with Gasteiger partial charge in [-0.2, -0.15) is 0 Å². The van der Waals surface area contributed by atoms with Crippen LogP contribution in [-0.4, -0.2) is 4.98 Å². The monoisotopic (exact) mass is 162 g/mol. The van der Waals surface area contributed by atoms with Crippen molar-refractivity contribution in [3.05, 3.63) is 35.4 Å². The van der Waals surface area contributed by atoms with E-state index in [1.165, 1.54) is 0 Å². The third kappa shape index (κ3) is 2.16. The van der Waals surface area contributed by atoms with E-state index in [4.69, 9.17) is 5.41 Å². The van der Waals surface area contributed by atoms with Gasteiger partial charge in [-0.1, -0.05) is 32.9 Å². The smallest absolute Gasteiger partial charge is 0.144 e. The van der Waals surface area contributed by atoms with E-state index in [9.17, 15) is 0 Å². The van der Waals surface area contributed by atoms with Crippen LogP contribution in [0.4, 0.5) is 0 Å². The first-order valence-electron chi connectivity index (χ1n) is 4.01. The van der Waals surface area contributed by atoms with Crippen molar-refractivity contribution in [3.63, 3.8) is 0 Å². The fourth-order valence-corrected chi connectivity index (χ4v) is 0.912. The second-order valence-electron chi connectivity index (χ2n) is 3.87. The van der Waals surface area contributed by atoms with Crippen LogP contribution in [0, 0.1) is 5.41 Å². The van der Waals surface area contributed by atoms with Gasteiger partial charge in [-0.25, -0.2) is 4.98 Å². The minimum Gasteiger partial charge on any atom is -0.283 e. The summed E-state index contributed by atoms with van der Waals surface area (Å²) in [6, 6.07) is 5.57. The average molecular weight is 162 g/mol. The highest BCUT2D eigenvalue weighted by atomic mass is 14.7. The lowest BCUT2D eigenvalue weighted by Gasteiger charge is -2.16. The fourth-order valence-electron chi connectivity index (χ4n) is 0.912. The largest absolute Gasteiger partial charge is 0.283 e. The van der Waals surface area contributed by atoms with Crippen molar-refractivity contribution in [2.24, 2.45) is 0 Å². The molecule has 1 aromatic heterocycles. The van der Waals surface area contributed by atoms with Crippen LogP contribution >= 0.6 is 0 Å². The molecule has 0 radical (unpaired) electrons. The summed E-state index contributed by atoms with van der Waals surface area (Å²) in [6.07, 6.45) is 1.77. The summed E-state index contributed by atoms with van der Waals surface area (Å²) < 4.78 is 0. The minimum atomic E-state index is 0.110. The summed E-state index contributed by atoms with van der Waals surface area (Å²) in [7, 11) is 0. The lowest BCUT2D eigenvalue weighted by molar-refractivity contribution is 0.588. The van der Waals surface area contributed by atoms with Crippen molar-refractivity contribution in [1.82, 2.24) is 4.98 Å². The topological polar surface area (TPSA) is 36.7 Å². The Balaban J connectivity index is 3.23. The van der Waals surface area contributed by atoms with Gasteiger partial charge in [0.1, 0.15) is 5.49 Å². The van der Waals surface area contributed by atoms with E-state index in [1.54, 1.807) is 12.3 Å². The summed E-state index contributed by atoms with van der Waals surface area (Å²) in [5, 5.41) is 7.31. The minimum absolute atomic E-state index is 0.110. The van der Waals surface area contributed by atoms with E-state index in [0.717, 1.165) is 5.56 Å². The second kappa shape index (κ2) is 3.05. The Morgan fingerprint density at radius 3 is 2.50 bits per heavy atom. The third-order valence-electron chi connectivity index (χ3n) is 1.74. The lowest BCUT2D eigenvalue weighted by Crippen LogP contribution is -2.10. The quantitative estimate of drug-likeness (QED) is 0.621. The molecule has 64 valence electrons. The molecule has 0 saturated heterocycles. The van der Waals surface area contributed by atoms with Crippen molar-refractivity contribution in [1.29, 1.82) is 5.41 Å². The van der Waals surface area contributed by atoms with Gasteiger partial charge in [0.05, 0.1) is 0 Å². The van der Waals surface area contributed by atoms with Gasteiger partial charge in [0.25, 0.3) is 0 Å². The Bertz CT molecular complexity index is 323. The van der Waals surface area contributed by atoms with Crippen molar-refractivity contribution in [2.75, 3.05) is 0 Å². The molecule has 0 spiro atoms. The van der Waals surface area contributed by atoms with Gasteiger partial charge in [0.15, 0.2) is 0 Å². The molecule has 0 saturated carbocycles. The summed E-state index contributed by atoms with van der Waals surface area (Å²) in [5.41, 5.74) is 1.57. The molecule has 2 nitrogen and oxygen atoms in total. The maximum atomic E-state index is 7.31. The Morgan fingerprint density at radius 2 is 1.92 bits per heavy atom. The van der Waals surface area contributed by atoms with E-state index in [0.29, 0.717) is 5.49 Å². The van der Waals surface area contributed by atoms with Crippen LogP contribution < -0.4 is 5.49 Å². The average Bonchev–Trinajstić information content (AvgIpc) is 2.11. The Kier molecular flexibility index (Phi) is 2.27. The molecule has 0 atom stereocenters. The highest BCUT2D eigenvalue weighted by Crippen LogP contribution is 2.19. The van der Waals surface area contributed by atoms with Gasteiger partial charge in [0, 0.05) is 6.20 Å². The number of nitrogens with one attached hydrogen (secondary N) is 1. The first-order valence-corrected chi connectivity index (χ1v) is 4.01. The van der Waals surface area contributed by atoms with Crippen LogP contribution in [0.1, 0.15) is 26.3 Å². The van der Waals surface area contributed by atoms with E-state index >= 15 is 0 Å². The number of hydrogen-bond acceptors (Lipinski definition) is 2. The molecule has 0 bridgehead atoms. The summed E-state index contributed by atoms with van der Waals surface area (Å²) >= 11 is 0. The van der Waals surface area contributed by atoms with Crippen LogP contribution in [-0.2, 0) is 5.41 Å². The highest BCUT2D eigenvalue weighted by molar-refractivity contribution is 5.17. The normalized spacial score (nSPS) is 11.2. The molecule has 2 heteroatoms. The van der Waals surface area contributed by atoms with Crippen molar-refractivity contribution < 1.29 is 0 Å². The standard InChI is InChI=1S/C10H14N2/c1-10(2,3)8-5-4-6-9(11)12-7-8/h4-7,11H,1-3H3. The molecule has 0 unspecified atom stereocenters. The van der Waals surface area contributed by atoms with Crippen molar-refractivity contribution >= 4 is 0 Å². The van der Waals surface area contributed by atoms with E-state index in [1.807, 2.05) is 12.1 Å². The molecular formula is C10H14N2. The van der Waals surface area contributed by atoms with Gasteiger partial charge >= 0.3 is 0 Å². The molecular weight excluding hydrogens is 148 g/mol. The van der Waals surface area contributed by atoms with Gasteiger partial charge in [-0.05, 0) is 17.0 Å². The van der Waals surface area contributed by atoms with E-state index < -0.39 is 0 Å². The van der Waals surface area contributed by atoms with E-state index in [2.05, 4.69) is 25.8 Å². The Morgan fingerprint density at radius 1 is 1.25 bits per heavy atom. The number of rotatable bonds is 0. The predicted molar refractivity (Wildman–Crippen MR) is 48.8 cm³/mol. The molecule has 1 N–H and O–H groups in total. The molecule has 1 heterocycles. The fraction of sp³-hybridized carbons (Fsp3) is 0.400. The van der Waals surface area contributed by atoms with Crippen LogP contribution in [0.25, 0.3) is 0 Å². The second-order valence-corrected chi connectivity index (χ2v) is 3.87. The molecule has 0 fully saturated rings. The number of aromatic nitrogens is 1. The zero-order chi connectivity index (χ0) is 9.19. The van der Waals surface area contributed by atoms with Crippen LogP contribution in [0.15, 0.2) is 24.4 Å². The van der Waals surface area contributed by atoms with Gasteiger partial charge in [0.2, 0.25) is 0 Å². The molecule has 0 aliphatic heterocycles. The maximum absolute atomic E-state index is 7.31. The zero-order valence-corrected chi connectivity index (χ0v) is 7.76. The lowest BCUT2D eigenvalue weighted by atomic mass is 9.89. The summed E-state index contributed by atoms with van der Waals surface area (Å²) in [6.45, 7) is 6.40. The maximum Gasteiger partial charge on any atom is 0.144 e. The van der Waals surface area contributed by atoms with Crippen molar-refractivity contribution in [3.8, 4) is 0 Å². The molecule has 1 aromatic rings. The van der Waals surface area contributed by atoms with E-state index in [-0.39, 0.29) is 5.41 Å². The third-order valence-corrected chi connectivity index (χ3v) is 1.74. The highest BCUT2D eigenvalue weighted by Gasteiger charge is 2.11. The Labute approximate surface area is 72.8 Å². The number of nitrogens with zero attached hydrogens (tertiary/aromatic N) is 1. The first kappa shape index (κ1) is 8.91. The molecule has 0 aliphatic rings. The molecule has 0 aliphatic carbocycles. The predicted octanol–water partition coefficient (Wildman–Crippen LogP) is 1.86. The van der Waals surface area contributed by atoms with Crippen LogP contribution in [0.5, 0.6) is 0 Å². The SMILES string of the molecule is CC(C)(C)c1cccc(=N)nc1. The molecule has 1 rings (SSSR count). The summed E-state index contributed by atoms with van der Waals surface area (Å²) in [4.78, 5) is 3.97. The van der Waals surface area contributed by atoms with Gasteiger partial charge < -0.3 is 0 Å². The molecule has 0 amide bonds. The zero-order valence-electron chi connectivity index (χ0n) is 7.76. The number of hydrogen-bond donors (Lipinski definition) is 1. The summed E-state index contributed by atoms with van der Waals surface area (Å²) in [5.74, 6) is 0. The van der Waals surface area contributed by atoms with Crippen molar-refractivity contribution in [2.45, 2.75) is 26.2 Å². The van der Waals surface area contributed by atoms with Crippen LogP contribution in [0.2, 0.25) is 0 Å². The van der Waals surface area contributed by atoms with Gasteiger partial charge in [-0.15, -0.1) is 0 Å².